The molecule has 1 aliphatic carbocycles. The molecule has 1 amide bonds. The van der Waals surface area contributed by atoms with E-state index in [2.05, 4.69) is 5.32 Å². The molecule has 0 aromatic heterocycles. The van der Waals surface area contributed by atoms with E-state index in [0.717, 1.165) is 10.1 Å². The SMILES string of the molecule is COC1=CC(C)=C(S(=O)(=O)N(C)CCNC(=O)C(=O)O)[C@@H](C)C1. The van der Waals surface area contributed by atoms with E-state index in [-0.39, 0.29) is 19.0 Å². The second-order valence-corrected chi connectivity index (χ2v) is 7.37. The molecule has 0 spiro atoms. The molecule has 1 aliphatic rings. The van der Waals surface area contributed by atoms with Crippen molar-refractivity contribution in [3.05, 3.63) is 22.3 Å². The molecule has 0 aliphatic heterocycles. The maximum atomic E-state index is 12.7. The zero-order chi connectivity index (χ0) is 17.8. The number of amides is 1. The fourth-order valence-electron chi connectivity index (χ4n) is 2.45. The second-order valence-electron chi connectivity index (χ2n) is 5.35. The minimum absolute atomic E-state index is 0.0221. The van der Waals surface area contributed by atoms with Crippen LogP contribution in [-0.2, 0) is 24.3 Å². The predicted octanol–water partition coefficient (Wildman–Crippen LogP) is 0.293. The van der Waals surface area contributed by atoms with Crippen molar-refractivity contribution in [3.63, 3.8) is 0 Å². The van der Waals surface area contributed by atoms with Crippen LogP contribution in [0.3, 0.4) is 0 Å². The van der Waals surface area contributed by atoms with Crippen LogP contribution < -0.4 is 5.32 Å². The number of hydrogen-bond donors (Lipinski definition) is 2. The lowest BCUT2D eigenvalue weighted by atomic mass is 9.97. The molecule has 0 fully saturated rings. The maximum absolute atomic E-state index is 12.7. The molecule has 23 heavy (non-hydrogen) atoms. The first-order valence-electron chi connectivity index (χ1n) is 7.04. The normalized spacial score (nSPS) is 18.7. The van der Waals surface area contributed by atoms with Crippen LogP contribution in [0.1, 0.15) is 20.3 Å². The molecule has 0 aromatic carbocycles. The van der Waals surface area contributed by atoms with Gasteiger partial charge in [0.15, 0.2) is 0 Å². The zero-order valence-electron chi connectivity index (χ0n) is 13.6. The van der Waals surface area contributed by atoms with E-state index in [1.807, 2.05) is 6.92 Å². The van der Waals surface area contributed by atoms with Gasteiger partial charge in [0.05, 0.1) is 17.8 Å². The summed E-state index contributed by atoms with van der Waals surface area (Å²) in [6.45, 7) is 3.41. The van der Waals surface area contributed by atoms with Crippen LogP contribution in [0.4, 0.5) is 0 Å². The van der Waals surface area contributed by atoms with Gasteiger partial charge >= 0.3 is 11.9 Å². The molecule has 0 saturated heterocycles. The number of nitrogens with one attached hydrogen (secondary N) is 1. The molecule has 0 bridgehead atoms. The standard InChI is InChI=1S/C14H22N2O6S/c1-9-7-11(22-4)8-10(2)12(9)23(20,21)16(3)6-5-15-13(17)14(18)19/h7,10H,5-6,8H2,1-4H3,(H,15,17)(H,18,19)/t10-/m0/s1. The van der Waals surface area contributed by atoms with Gasteiger partial charge in [0.25, 0.3) is 0 Å². The van der Waals surface area contributed by atoms with Crippen LogP contribution in [0.25, 0.3) is 0 Å². The van der Waals surface area contributed by atoms with E-state index in [1.165, 1.54) is 7.05 Å². The largest absolute Gasteiger partial charge is 0.501 e. The first kappa shape index (κ1) is 19.2. The van der Waals surface area contributed by atoms with Crippen molar-refractivity contribution >= 4 is 21.9 Å². The Bertz CT molecular complexity index is 650. The Kier molecular flexibility index (Phi) is 6.34. The van der Waals surface area contributed by atoms with Crippen molar-refractivity contribution in [1.82, 2.24) is 9.62 Å². The summed E-state index contributed by atoms with van der Waals surface area (Å²) in [5.41, 5.74) is 0.613. The van der Waals surface area contributed by atoms with Crippen LogP contribution >= 0.6 is 0 Å². The summed E-state index contributed by atoms with van der Waals surface area (Å²) in [6.07, 6.45) is 2.19. The minimum atomic E-state index is -3.70. The molecular formula is C14H22N2O6S. The van der Waals surface area contributed by atoms with Gasteiger partial charge in [-0.3, -0.25) is 4.79 Å². The monoisotopic (exact) mass is 346 g/mol. The number of aliphatic carboxylic acids is 1. The first-order valence-corrected chi connectivity index (χ1v) is 8.48. The Morgan fingerprint density at radius 1 is 1.48 bits per heavy atom. The lowest BCUT2D eigenvalue weighted by Crippen LogP contribution is -2.40. The third-order valence-electron chi connectivity index (χ3n) is 3.58. The maximum Gasteiger partial charge on any atom is 0.394 e. The second kappa shape index (κ2) is 7.60. The van der Waals surface area contributed by atoms with Gasteiger partial charge in [-0.25, -0.2) is 13.2 Å². The molecule has 8 nitrogen and oxygen atoms in total. The van der Waals surface area contributed by atoms with Crippen LogP contribution in [-0.4, -0.2) is 57.0 Å². The number of carbonyl (C=O) groups is 2. The quantitative estimate of drug-likeness (QED) is 0.669. The highest BCUT2D eigenvalue weighted by Gasteiger charge is 2.32. The highest BCUT2D eigenvalue weighted by Crippen LogP contribution is 2.34. The van der Waals surface area contributed by atoms with Gasteiger partial charge in [-0.2, -0.15) is 4.31 Å². The molecule has 0 radical (unpaired) electrons. The van der Waals surface area contributed by atoms with E-state index < -0.39 is 21.9 Å². The summed E-state index contributed by atoms with van der Waals surface area (Å²) >= 11 is 0. The van der Waals surface area contributed by atoms with Crippen molar-refractivity contribution in [1.29, 1.82) is 0 Å². The fraction of sp³-hybridized carbons (Fsp3) is 0.571. The number of sulfonamides is 1. The summed E-state index contributed by atoms with van der Waals surface area (Å²) in [4.78, 5) is 21.6. The third kappa shape index (κ3) is 4.55. The number of carbonyl (C=O) groups excluding carboxylic acids is 1. The molecule has 0 heterocycles. The van der Waals surface area contributed by atoms with Gasteiger partial charge in [-0.15, -0.1) is 0 Å². The van der Waals surface area contributed by atoms with E-state index >= 15 is 0 Å². The smallest absolute Gasteiger partial charge is 0.394 e. The summed E-state index contributed by atoms with van der Waals surface area (Å²) < 4.78 is 31.6. The minimum Gasteiger partial charge on any atom is -0.501 e. The number of hydrogen-bond acceptors (Lipinski definition) is 5. The van der Waals surface area contributed by atoms with Crippen LogP contribution in [0.2, 0.25) is 0 Å². The fourth-order valence-corrected chi connectivity index (χ4v) is 4.17. The number of ether oxygens (including phenoxy) is 1. The number of methoxy groups -OCH3 is 1. The lowest BCUT2D eigenvalue weighted by molar-refractivity contribution is -0.150. The number of carboxylic acid groups (broad SMARTS) is 1. The Morgan fingerprint density at radius 2 is 2.09 bits per heavy atom. The lowest BCUT2D eigenvalue weighted by Gasteiger charge is -2.27. The summed E-state index contributed by atoms with van der Waals surface area (Å²) in [5.74, 6) is -2.27. The van der Waals surface area contributed by atoms with Crippen molar-refractivity contribution in [2.24, 2.45) is 5.92 Å². The van der Waals surface area contributed by atoms with E-state index in [9.17, 15) is 18.0 Å². The summed E-state index contributed by atoms with van der Waals surface area (Å²) in [6, 6.07) is 0. The van der Waals surface area contributed by atoms with Gasteiger partial charge < -0.3 is 15.2 Å². The molecule has 0 unspecified atom stereocenters. The highest BCUT2D eigenvalue weighted by molar-refractivity contribution is 7.93. The molecule has 130 valence electrons. The zero-order valence-corrected chi connectivity index (χ0v) is 14.4. The molecule has 0 saturated carbocycles. The average Bonchev–Trinajstić information content (AvgIpc) is 2.45. The Hall–Kier alpha value is -1.87. The topological polar surface area (TPSA) is 113 Å². The van der Waals surface area contributed by atoms with Gasteiger partial charge in [0.1, 0.15) is 0 Å². The number of allylic oxidation sites excluding steroid dienone is 4. The van der Waals surface area contributed by atoms with Gasteiger partial charge in [-0.1, -0.05) is 6.92 Å². The van der Waals surface area contributed by atoms with Crippen molar-refractivity contribution < 1.29 is 27.9 Å². The molecule has 2 N–H and O–H groups in total. The van der Waals surface area contributed by atoms with Crippen LogP contribution in [0, 0.1) is 5.92 Å². The Morgan fingerprint density at radius 3 is 2.57 bits per heavy atom. The van der Waals surface area contributed by atoms with E-state index in [1.54, 1.807) is 20.1 Å². The third-order valence-corrected chi connectivity index (χ3v) is 5.86. The summed E-state index contributed by atoms with van der Waals surface area (Å²) in [7, 11) is -0.758. The van der Waals surface area contributed by atoms with Gasteiger partial charge in [0, 0.05) is 32.5 Å². The van der Waals surface area contributed by atoms with Crippen LogP contribution in [0.5, 0.6) is 0 Å². The Labute approximate surface area is 135 Å². The Balaban J connectivity index is 2.87. The predicted molar refractivity (Wildman–Crippen MR) is 83.8 cm³/mol. The number of carboxylic acids is 1. The van der Waals surface area contributed by atoms with Crippen molar-refractivity contribution in [2.75, 3.05) is 27.2 Å². The number of rotatable bonds is 6. The molecule has 1 rings (SSSR count). The van der Waals surface area contributed by atoms with Crippen LogP contribution in [0.15, 0.2) is 22.3 Å². The molecule has 9 heteroatoms. The first-order chi connectivity index (χ1) is 10.6. The molecular weight excluding hydrogens is 324 g/mol. The number of likely N-dealkylation sites (N-methyl/N-ethyl adjacent to an activating group) is 1. The van der Waals surface area contributed by atoms with Crippen molar-refractivity contribution in [2.45, 2.75) is 20.3 Å². The summed E-state index contributed by atoms with van der Waals surface area (Å²) in [5, 5.41) is 10.6. The van der Waals surface area contributed by atoms with Gasteiger partial charge in [0.2, 0.25) is 10.0 Å². The molecule has 0 aromatic rings. The van der Waals surface area contributed by atoms with E-state index in [4.69, 9.17) is 9.84 Å². The highest BCUT2D eigenvalue weighted by atomic mass is 32.2. The van der Waals surface area contributed by atoms with Gasteiger partial charge in [-0.05, 0) is 18.6 Å². The molecule has 1 atom stereocenters. The van der Waals surface area contributed by atoms with Crippen molar-refractivity contribution in [3.8, 4) is 0 Å². The average molecular weight is 346 g/mol. The number of nitrogens with zero attached hydrogens (tertiary/aromatic N) is 1. The van der Waals surface area contributed by atoms with E-state index in [0.29, 0.717) is 16.9 Å².